The molecule has 118 valence electrons. The molecule has 0 saturated carbocycles. The molecule has 1 aromatic carbocycles. The van der Waals surface area contributed by atoms with Gasteiger partial charge in [0.15, 0.2) is 5.41 Å². The second-order valence-corrected chi connectivity index (χ2v) is 4.28. The highest BCUT2D eigenvalue weighted by molar-refractivity contribution is 5.11. The maximum absolute atomic E-state index is 11.6. The number of rotatable bonds is 0. The number of alkyl halides is 6. The lowest BCUT2D eigenvalue weighted by molar-refractivity contribution is -0.327. The van der Waals surface area contributed by atoms with E-state index >= 15 is 0 Å². The molecule has 0 bridgehead atoms. The van der Waals surface area contributed by atoms with E-state index in [4.69, 9.17) is 0 Å². The lowest BCUT2D eigenvalue weighted by atomic mass is 9.92. The van der Waals surface area contributed by atoms with Gasteiger partial charge in [0.25, 0.3) is 0 Å². The van der Waals surface area contributed by atoms with Gasteiger partial charge in [0.05, 0.1) is 0 Å². The van der Waals surface area contributed by atoms with Crippen LogP contribution >= 0.6 is 0 Å². The Morgan fingerprint density at radius 2 is 1.00 bits per heavy atom. The van der Waals surface area contributed by atoms with E-state index in [-0.39, 0.29) is 13.8 Å². The first-order chi connectivity index (χ1) is 8.89. The summed E-state index contributed by atoms with van der Waals surface area (Å²) in [6, 6.07) is 10.3. The molecule has 0 radical (unpaired) electrons. The Hall–Kier alpha value is -1.20. The Kier molecular flexibility index (Phi) is 8.62. The lowest BCUT2D eigenvalue weighted by Crippen LogP contribution is -2.44. The van der Waals surface area contributed by atoms with E-state index in [1.807, 2.05) is 32.0 Å². The van der Waals surface area contributed by atoms with Gasteiger partial charge < -0.3 is 0 Å². The molecular weight excluding hydrogens is 282 g/mol. The smallest absolute Gasteiger partial charge is 0.170 e. The summed E-state index contributed by atoms with van der Waals surface area (Å²) in [7, 11) is 0. The molecular formula is C14H20F6. The topological polar surface area (TPSA) is 0 Å². The highest BCUT2D eigenvalue weighted by Crippen LogP contribution is 2.49. The molecule has 0 unspecified atom stereocenters. The molecule has 6 heteroatoms. The minimum Gasteiger partial charge on any atom is -0.170 e. The first kappa shape index (κ1) is 21.1. The summed E-state index contributed by atoms with van der Waals surface area (Å²) in [5.74, 6) is 0. The van der Waals surface area contributed by atoms with E-state index in [2.05, 4.69) is 19.1 Å². The average Bonchev–Trinajstić information content (AvgIpc) is 2.30. The predicted molar refractivity (Wildman–Crippen MR) is 68.4 cm³/mol. The van der Waals surface area contributed by atoms with Crippen LogP contribution in [0.3, 0.4) is 0 Å². The van der Waals surface area contributed by atoms with Crippen LogP contribution in [0.1, 0.15) is 33.3 Å². The van der Waals surface area contributed by atoms with Crippen molar-refractivity contribution in [3.63, 3.8) is 0 Å². The fourth-order valence-corrected chi connectivity index (χ4v) is 0.695. The Morgan fingerprint density at radius 3 is 1.10 bits per heavy atom. The van der Waals surface area contributed by atoms with Crippen LogP contribution in [0.2, 0.25) is 0 Å². The number of benzene rings is 1. The van der Waals surface area contributed by atoms with Crippen molar-refractivity contribution in [2.24, 2.45) is 5.41 Å². The van der Waals surface area contributed by atoms with E-state index in [1.54, 1.807) is 0 Å². The maximum Gasteiger partial charge on any atom is 0.402 e. The lowest BCUT2D eigenvalue weighted by Gasteiger charge is -2.29. The van der Waals surface area contributed by atoms with Crippen LogP contribution in [0.15, 0.2) is 30.3 Å². The Balaban J connectivity index is 0. The number of aryl methyl sites for hydroxylation is 1. The van der Waals surface area contributed by atoms with Crippen LogP contribution in [-0.2, 0) is 0 Å². The first-order valence-corrected chi connectivity index (χ1v) is 6.04. The van der Waals surface area contributed by atoms with Crippen LogP contribution in [0.25, 0.3) is 0 Å². The van der Waals surface area contributed by atoms with Gasteiger partial charge in [0.2, 0.25) is 0 Å². The summed E-state index contributed by atoms with van der Waals surface area (Å²) in [5.41, 5.74) is -2.30. The van der Waals surface area contributed by atoms with Crippen molar-refractivity contribution in [2.45, 2.75) is 47.0 Å². The van der Waals surface area contributed by atoms with E-state index in [0.717, 1.165) is 0 Å². The molecule has 0 heterocycles. The van der Waals surface area contributed by atoms with Gasteiger partial charge in [0, 0.05) is 0 Å². The molecule has 0 nitrogen and oxygen atoms in total. The zero-order valence-corrected chi connectivity index (χ0v) is 12.2. The largest absolute Gasteiger partial charge is 0.402 e. The number of hydrogen-bond acceptors (Lipinski definition) is 0. The van der Waals surface area contributed by atoms with Gasteiger partial charge in [-0.15, -0.1) is 0 Å². The number of hydrogen-bond donors (Lipinski definition) is 0. The van der Waals surface area contributed by atoms with E-state index < -0.39 is 17.8 Å². The normalized spacial score (nSPS) is 11.8. The molecule has 0 N–H and O–H groups in total. The van der Waals surface area contributed by atoms with Gasteiger partial charge in [-0.05, 0) is 20.8 Å². The Labute approximate surface area is 115 Å². The summed E-state index contributed by atoms with van der Waals surface area (Å²) in [4.78, 5) is 0. The zero-order valence-electron chi connectivity index (χ0n) is 12.2. The van der Waals surface area contributed by atoms with E-state index in [0.29, 0.717) is 0 Å². The molecule has 1 aromatic rings. The van der Waals surface area contributed by atoms with Crippen molar-refractivity contribution in [1.29, 1.82) is 0 Å². The minimum absolute atomic E-state index is 0.104. The molecule has 0 aromatic heterocycles. The summed E-state index contributed by atoms with van der Waals surface area (Å²) in [6.45, 7) is 6.29. The molecule has 0 fully saturated rings. The van der Waals surface area contributed by atoms with Crippen molar-refractivity contribution in [3.05, 3.63) is 35.9 Å². The quantitative estimate of drug-likeness (QED) is 0.503. The monoisotopic (exact) mass is 302 g/mol. The molecule has 1 rings (SSSR count). The third-order valence-electron chi connectivity index (χ3n) is 2.36. The van der Waals surface area contributed by atoms with Crippen molar-refractivity contribution < 1.29 is 26.3 Å². The molecule has 0 aliphatic carbocycles. The maximum atomic E-state index is 11.6. The highest BCUT2D eigenvalue weighted by Gasteiger charge is 2.64. The molecule has 0 spiro atoms. The molecule has 0 aliphatic rings. The average molecular weight is 302 g/mol. The number of halogens is 6. The van der Waals surface area contributed by atoms with Gasteiger partial charge in [-0.2, -0.15) is 26.3 Å². The third kappa shape index (κ3) is 6.82. The van der Waals surface area contributed by atoms with Crippen LogP contribution in [0, 0.1) is 12.3 Å². The fraction of sp³-hybridized carbons (Fsp3) is 0.571. The summed E-state index contributed by atoms with van der Waals surface area (Å²) < 4.78 is 69.7. The Bertz CT molecular complexity index is 332. The van der Waals surface area contributed by atoms with Gasteiger partial charge in [-0.25, -0.2) is 0 Å². The summed E-state index contributed by atoms with van der Waals surface area (Å²) >= 11 is 0. The summed E-state index contributed by atoms with van der Waals surface area (Å²) in [5, 5.41) is 0. The van der Waals surface area contributed by atoms with Crippen molar-refractivity contribution in [2.75, 3.05) is 0 Å². The predicted octanol–water partition coefficient (Wildman–Crippen LogP) is 6.16. The molecule has 0 atom stereocenters. The molecule has 20 heavy (non-hydrogen) atoms. The van der Waals surface area contributed by atoms with Crippen molar-refractivity contribution in [1.82, 2.24) is 0 Å². The zero-order chi connectivity index (χ0) is 16.6. The van der Waals surface area contributed by atoms with Gasteiger partial charge in [0.1, 0.15) is 0 Å². The second kappa shape index (κ2) is 8.17. The second-order valence-electron chi connectivity index (χ2n) is 4.28. The van der Waals surface area contributed by atoms with E-state index in [9.17, 15) is 26.3 Å². The Morgan fingerprint density at radius 1 is 0.700 bits per heavy atom. The van der Waals surface area contributed by atoms with Gasteiger partial charge in [-0.3, -0.25) is 0 Å². The third-order valence-corrected chi connectivity index (χ3v) is 2.36. The highest BCUT2D eigenvalue weighted by atomic mass is 19.4. The van der Waals surface area contributed by atoms with Crippen molar-refractivity contribution >= 4 is 0 Å². The van der Waals surface area contributed by atoms with E-state index in [1.165, 1.54) is 5.56 Å². The molecule has 0 saturated heterocycles. The molecule has 0 amide bonds. The first-order valence-electron chi connectivity index (χ1n) is 6.04. The minimum atomic E-state index is -5.24. The standard InChI is InChI=1S/C7H8.C5H6F6.C2H6/c1-7-5-3-2-4-6-7;1-3(2,4(6,7)8)5(9,10)11;1-2/h2-6H,1H3;1-2H3;1-2H3. The van der Waals surface area contributed by atoms with Gasteiger partial charge >= 0.3 is 12.4 Å². The van der Waals surface area contributed by atoms with Gasteiger partial charge in [-0.1, -0.05) is 49.7 Å². The SMILES string of the molecule is CC.CC(C)(C(F)(F)F)C(F)(F)F.Cc1ccccc1. The fourth-order valence-electron chi connectivity index (χ4n) is 0.695. The van der Waals surface area contributed by atoms with Crippen LogP contribution in [0.4, 0.5) is 26.3 Å². The summed E-state index contributed by atoms with van der Waals surface area (Å²) in [6.07, 6.45) is -10.5. The van der Waals surface area contributed by atoms with Crippen molar-refractivity contribution in [3.8, 4) is 0 Å². The molecule has 0 aliphatic heterocycles. The van der Waals surface area contributed by atoms with Crippen LogP contribution in [0.5, 0.6) is 0 Å². The van der Waals surface area contributed by atoms with Crippen LogP contribution < -0.4 is 0 Å². The van der Waals surface area contributed by atoms with Crippen LogP contribution in [-0.4, -0.2) is 12.4 Å².